The lowest BCUT2D eigenvalue weighted by Gasteiger charge is -2.36. The normalized spacial score (nSPS) is 16.6. The summed E-state index contributed by atoms with van der Waals surface area (Å²) in [7, 11) is -6.49. The number of rotatable bonds is 10. The SMILES string of the molecule is CNS(=O)(=O)c1cc(C(O)CCCCN2CCN(c3ccccc3)CC2)ccc1S(C)(=O)=O. The molecule has 10 heteroatoms. The molecule has 0 radical (unpaired) electrons. The van der Waals surface area contributed by atoms with Crippen LogP contribution >= 0.6 is 0 Å². The van der Waals surface area contributed by atoms with Gasteiger partial charge in [0.25, 0.3) is 0 Å². The number of sulfone groups is 1. The molecule has 1 saturated heterocycles. The van der Waals surface area contributed by atoms with E-state index < -0.39 is 26.0 Å². The molecule has 1 unspecified atom stereocenters. The van der Waals surface area contributed by atoms with Crippen LogP contribution in [0.4, 0.5) is 5.69 Å². The van der Waals surface area contributed by atoms with Crippen LogP contribution in [-0.2, 0) is 19.9 Å². The lowest BCUT2D eigenvalue weighted by atomic mass is 10.0. The molecule has 2 aromatic rings. The van der Waals surface area contributed by atoms with Gasteiger partial charge in [-0.05, 0) is 62.7 Å². The third kappa shape index (κ3) is 6.77. The quantitative estimate of drug-likeness (QED) is 0.486. The van der Waals surface area contributed by atoms with Gasteiger partial charge >= 0.3 is 0 Å². The number of aliphatic hydroxyl groups is 1. The fourth-order valence-electron chi connectivity index (χ4n) is 4.07. The van der Waals surface area contributed by atoms with Gasteiger partial charge in [0.15, 0.2) is 9.84 Å². The molecular weight excluding hydrogens is 462 g/mol. The summed E-state index contributed by atoms with van der Waals surface area (Å²) >= 11 is 0. The average Bonchev–Trinajstić information content (AvgIpc) is 2.81. The number of hydrogen-bond acceptors (Lipinski definition) is 7. The summed E-state index contributed by atoms with van der Waals surface area (Å²) in [6.45, 7) is 4.91. The Hall–Kier alpha value is -1.98. The van der Waals surface area contributed by atoms with Crippen LogP contribution in [0.15, 0.2) is 58.3 Å². The summed E-state index contributed by atoms with van der Waals surface area (Å²) in [6.07, 6.45) is 2.28. The van der Waals surface area contributed by atoms with E-state index >= 15 is 0 Å². The molecule has 2 N–H and O–H groups in total. The minimum Gasteiger partial charge on any atom is -0.388 e. The van der Waals surface area contributed by atoms with Crippen LogP contribution in [0.5, 0.6) is 0 Å². The maximum Gasteiger partial charge on any atom is 0.241 e. The number of aliphatic hydroxyl groups excluding tert-OH is 1. The largest absolute Gasteiger partial charge is 0.388 e. The van der Waals surface area contributed by atoms with Crippen molar-refractivity contribution in [1.82, 2.24) is 9.62 Å². The Bertz CT molecular complexity index is 1130. The first-order valence-corrected chi connectivity index (χ1v) is 14.5. The van der Waals surface area contributed by atoms with Gasteiger partial charge in [-0.15, -0.1) is 0 Å². The molecule has 3 rings (SSSR count). The first kappa shape index (κ1) is 25.6. The molecule has 0 amide bonds. The van der Waals surface area contributed by atoms with Crippen LogP contribution < -0.4 is 9.62 Å². The molecule has 1 heterocycles. The average molecular weight is 496 g/mol. The Balaban J connectivity index is 1.51. The number of para-hydroxylation sites is 1. The number of benzene rings is 2. The molecule has 0 aliphatic carbocycles. The molecule has 0 bridgehead atoms. The van der Waals surface area contributed by atoms with Gasteiger partial charge < -0.3 is 10.0 Å². The zero-order valence-corrected chi connectivity index (χ0v) is 20.8. The van der Waals surface area contributed by atoms with E-state index in [2.05, 4.69) is 38.8 Å². The highest BCUT2D eigenvalue weighted by molar-refractivity contribution is 7.93. The van der Waals surface area contributed by atoms with Crippen LogP contribution in [0.3, 0.4) is 0 Å². The summed E-state index contributed by atoms with van der Waals surface area (Å²) in [5.74, 6) is 0. The monoisotopic (exact) mass is 495 g/mol. The van der Waals surface area contributed by atoms with Crippen molar-refractivity contribution < 1.29 is 21.9 Å². The molecule has 8 nitrogen and oxygen atoms in total. The van der Waals surface area contributed by atoms with E-state index in [0.717, 1.165) is 51.8 Å². The summed E-state index contributed by atoms with van der Waals surface area (Å²) in [5, 5.41) is 10.6. The fourth-order valence-corrected chi connectivity index (χ4v) is 6.43. The van der Waals surface area contributed by atoms with Crippen molar-refractivity contribution in [2.24, 2.45) is 0 Å². The van der Waals surface area contributed by atoms with Gasteiger partial charge in [-0.3, -0.25) is 4.90 Å². The Morgan fingerprint density at radius 3 is 2.21 bits per heavy atom. The molecule has 0 aromatic heterocycles. The maximum atomic E-state index is 12.3. The number of piperazine rings is 1. The van der Waals surface area contributed by atoms with Gasteiger partial charge in [0, 0.05) is 38.1 Å². The number of unbranched alkanes of at least 4 members (excludes halogenated alkanes) is 1. The van der Waals surface area contributed by atoms with Crippen molar-refractivity contribution in [3.63, 3.8) is 0 Å². The van der Waals surface area contributed by atoms with Crippen LogP contribution in [0, 0.1) is 0 Å². The number of nitrogens with zero attached hydrogens (tertiary/aromatic N) is 2. The number of anilines is 1. The Labute approximate surface area is 197 Å². The van der Waals surface area contributed by atoms with Gasteiger partial charge in [0.05, 0.1) is 11.0 Å². The van der Waals surface area contributed by atoms with Crippen molar-refractivity contribution in [2.75, 3.05) is 50.9 Å². The second-order valence-electron chi connectivity index (χ2n) is 8.36. The van der Waals surface area contributed by atoms with E-state index in [9.17, 15) is 21.9 Å². The van der Waals surface area contributed by atoms with Crippen LogP contribution in [0.2, 0.25) is 0 Å². The van der Waals surface area contributed by atoms with Crippen LogP contribution in [0.1, 0.15) is 30.9 Å². The van der Waals surface area contributed by atoms with Crippen molar-refractivity contribution in [3.05, 3.63) is 54.1 Å². The molecule has 0 spiro atoms. The Morgan fingerprint density at radius 2 is 1.61 bits per heavy atom. The predicted octanol–water partition coefficient (Wildman–Crippen LogP) is 2.02. The van der Waals surface area contributed by atoms with Gasteiger partial charge in [0.1, 0.15) is 4.90 Å². The molecule has 1 aliphatic rings. The van der Waals surface area contributed by atoms with Gasteiger partial charge in [-0.25, -0.2) is 21.6 Å². The standard InChI is InChI=1S/C23H33N3O5S2/c1-24-33(30,31)23-18-19(11-12-22(23)32(2,28)29)21(27)10-6-7-13-25-14-16-26(17-15-25)20-8-4-3-5-9-20/h3-5,8-9,11-12,18,21,24,27H,6-7,10,13-17H2,1-2H3. The summed E-state index contributed by atoms with van der Waals surface area (Å²) in [4.78, 5) is 4.20. The van der Waals surface area contributed by atoms with E-state index in [1.165, 1.54) is 30.9 Å². The number of nitrogens with one attached hydrogen (secondary N) is 1. The molecule has 1 aliphatic heterocycles. The predicted molar refractivity (Wildman–Crippen MR) is 130 cm³/mol. The summed E-state index contributed by atoms with van der Waals surface area (Å²) in [6, 6.07) is 14.4. The van der Waals surface area contributed by atoms with E-state index in [1.54, 1.807) is 0 Å². The molecule has 1 fully saturated rings. The van der Waals surface area contributed by atoms with E-state index in [0.29, 0.717) is 12.0 Å². The zero-order chi connectivity index (χ0) is 24.1. The molecule has 0 saturated carbocycles. The lowest BCUT2D eigenvalue weighted by Crippen LogP contribution is -2.46. The van der Waals surface area contributed by atoms with Crippen molar-refractivity contribution in [1.29, 1.82) is 0 Å². The van der Waals surface area contributed by atoms with Gasteiger partial charge in [0.2, 0.25) is 10.0 Å². The molecule has 1 atom stereocenters. The number of sulfonamides is 1. The minimum atomic E-state index is -3.98. The first-order chi connectivity index (χ1) is 15.6. The minimum absolute atomic E-state index is 0.276. The number of hydrogen-bond donors (Lipinski definition) is 2. The maximum absolute atomic E-state index is 12.3. The second kappa shape index (κ2) is 11.0. The van der Waals surface area contributed by atoms with Crippen LogP contribution in [-0.4, -0.2) is 72.9 Å². The van der Waals surface area contributed by atoms with Gasteiger partial charge in [-0.2, -0.15) is 0 Å². The molecule has 2 aromatic carbocycles. The highest BCUT2D eigenvalue weighted by atomic mass is 32.2. The molecular formula is C23H33N3O5S2. The highest BCUT2D eigenvalue weighted by Gasteiger charge is 2.24. The van der Waals surface area contributed by atoms with Gasteiger partial charge in [-0.1, -0.05) is 24.3 Å². The van der Waals surface area contributed by atoms with Crippen molar-refractivity contribution in [3.8, 4) is 0 Å². The zero-order valence-electron chi connectivity index (χ0n) is 19.1. The summed E-state index contributed by atoms with van der Waals surface area (Å²) < 4.78 is 50.8. The smallest absolute Gasteiger partial charge is 0.241 e. The van der Waals surface area contributed by atoms with E-state index in [-0.39, 0.29) is 9.79 Å². The van der Waals surface area contributed by atoms with E-state index in [1.807, 2.05) is 6.07 Å². The Morgan fingerprint density at radius 1 is 0.939 bits per heavy atom. The summed E-state index contributed by atoms with van der Waals surface area (Å²) in [5.41, 5.74) is 1.65. The first-order valence-electron chi connectivity index (χ1n) is 11.1. The Kier molecular flexibility index (Phi) is 8.52. The van der Waals surface area contributed by atoms with E-state index in [4.69, 9.17) is 0 Å². The van der Waals surface area contributed by atoms with Crippen LogP contribution in [0.25, 0.3) is 0 Å². The third-order valence-corrected chi connectivity index (χ3v) is 8.74. The fraction of sp³-hybridized carbons (Fsp3) is 0.478. The molecule has 182 valence electrons. The molecule has 33 heavy (non-hydrogen) atoms. The lowest BCUT2D eigenvalue weighted by molar-refractivity contribution is 0.159. The topological polar surface area (TPSA) is 107 Å². The van der Waals surface area contributed by atoms with Crippen molar-refractivity contribution in [2.45, 2.75) is 35.2 Å². The highest BCUT2D eigenvalue weighted by Crippen LogP contribution is 2.27. The second-order valence-corrected chi connectivity index (χ2v) is 12.2. The third-order valence-electron chi connectivity index (χ3n) is 6.01. The van der Waals surface area contributed by atoms with Crippen molar-refractivity contribution >= 4 is 25.5 Å².